The van der Waals surface area contributed by atoms with Crippen molar-refractivity contribution in [3.8, 4) is 11.4 Å². The number of anilines is 1. The zero-order valence-electron chi connectivity index (χ0n) is 17.4. The second kappa shape index (κ2) is 8.54. The molecule has 0 radical (unpaired) electrons. The first-order chi connectivity index (χ1) is 16.0. The van der Waals surface area contributed by atoms with Crippen LogP contribution in [-0.4, -0.2) is 33.0 Å². The summed E-state index contributed by atoms with van der Waals surface area (Å²) in [6.45, 7) is -1.85. The van der Waals surface area contributed by atoms with Crippen molar-refractivity contribution in [3.63, 3.8) is 0 Å². The quantitative estimate of drug-likeness (QED) is 0.534. The van der Waals surface area contributed by atoms with E-state index in [0.29, 0.717) is 22.6 Å². The van der Waals surface area contributed by atoms with Crippen LogP contribution in [0, 0.1) is 17.5 Å². The Labute approximate surface area is 187 Å². The van der Waals surface area contributed by atoms with Gasteiger partial charge >= 0.3 is 11.9 Å². The maximum absolute atomic E-state index is 15.0. The van der Waals surface area contributed by atoms with Gasteiger partial charge in [0.25, 0.3) is 5.91 Å². The molecule has 13 heteroatoms. The second-order valence-corrected chi connectivity index (χ2v) is 7.64. The van der Waals surface area contributed by atoms with E-state index in [2.05, 4.69) is 9.84 Å². The smallest absolute Gasteiger partial charge is 0.422 e. The van der Waals surface area contributed by atoms with Gasteiger partial charge in [-0.25, -0.2) is 18.0 Å². The maximum atomic E-state index is 15.0. The molecule has 1 aliphatic carbocycles. The van der Waals surface area contributed by atoms with Gasteiger partial charge in [0.05, 0.1) is 5.56 Å². The van der Waals surface area contributed by atoms with Crippen LogP contribution in [-0.2, 0) is 7.05 Å². The van der Waals surface area contributed by atoms with Gasteiger partial charge in [-0.3, -0.25) is 9.36 Å². The highest BCUT2D eigenvalue weighted by Crippen LogP contribution is 2.38. The predicted molar refractivity (Wildman–Crippen MR) is 107 cm³/mol. The average molecular weight is 486 g/mol. The van der Waals surface area contributed by atoms with Gasteiger partial charge in [-0.05, 0) is 31.0 Å². The van der Waals surface area contributed by atoms with Crippen molar-refractivity contribution in [2.45, 2.75) is 24.9 Å². The molecule has 0 spiro atoms. The van der Waals surface area contributed by atoms with Crippen LogP contribution >= 0.6 is 0 Å². The molecule has 1 N–H and O–H groups in total. The number of hydrogen-bond acceptors (Lipinski definition) is 4. The Morgan fingerprint density at radius 1 is 1.15 bits per heavy atom. The van der Waals surface area contributed by atoms with Crippen molar-refractivity contribution in [2.24, 2.45) is 7.05 Å². The summed E-state index contributed by atoms with van der Waals surface area (Å²) in [6.07, 6.45) is -3.27. The minimum atomic E-state index is -4.82. The Kier molecular flexibility index (Phi) is 5.87. The topological polar surface area (TPSA) is 78.2 Å². The van der Waals surface area contributed by atoms with Crippen molar-refractivity contribution in [2.75, 3.05) is 11.9 Å². The summed E-state index contributed by atoms with van der Waals surface area (Å²) in [5, 5.41) is 5.93. The standard InChI is InChI=1S/C21H16F6N4O3/c1-30-18(10-5-6-10)29-31(20(30)33)15-8-16(34-9-21(25,26)27)11(7-14(15)24)19(32)28-17-12(22)3-2-4-13(17)23/h2-4,7-8,10H,5-6,9H2,1H3,(H,28,32). The van der Waals surface area contributed by atoms with Gasteiger partial charge in [-0.15, -0.1) is 5.10 Å². The molecule has 0 unspecified atom stereocenters. The lowest BCUT2D eigenvalue weighted by atomic mass is 10.1. The number of rotatable bonds is 6. The molecule has 7 nitrogen and oxygen atoms in total. The molecule has 0 atom stereocenters. The molecule has 34 heavy (non-hydrogen) atoms. The number of alkyl halides is 3. The fraction of sp³-hybridized carbons (Fsp3) is 0.286. The van der Waals surface area contributed by atoms with Crippen molar-refractivity contribution >= 4 is 11.6 Å². The van der Waals surface area contributed by atoms with Gasteiger partial charge in [0.1, 0.15) is 40.4 Å². The SMILES string of the molecule is Cn1c(C2CC2)nn(-c2cc(OCC(F)(F)F)c(C(=O)Nc3c(F)cccc3F)cc2F)c1=O. The number of nitrogens with one attached hydrogen (secondary N) is 1. The molecule has 3 aromatic rings. The predicted octanol–water partition coefficient (Wildman–Crippen LogP) is 4.06. The Hall–Kier alpha value is -3.77. The molecule has 1 fully saturated rings. The Bertz CT molecular complexity index is 1310. The highest BCUT2D eigenvalue weighted by Gasteiger charge is 2.32. The van der Waals surface area contributed by atoms with Crippen LogP contribution in [0.25, 0.3) is 5.69 Å². The lowest BCUT2D eigenvalue weighted by molar-refractivity contribution is -0.153. The fourth-order valence-electron chi connectivity index (χ4n) is 3.27. The van der Waals surface area contributed by atoms with E-state index in [9.17, 15) is 35.9 Å². The molecule has 1 aliphatic rings. The first-order valence-electron chi connectivity index (χ1n) is 9.91. The van der Waals surface area contributed by atoms with E-state index in [1.807, 2.05) is 5.32 Å². The molecule has 0 aliphatic heterocycles. The van der Waals surface area contributed by atoms with Crippen molar-refractivity contribution < 1.29 is 35.9 Å². The van der Waals surface area contributed by atoms with Crippen LogP contribution in [0.4, 0.5) is 32.0 Å². The summed E-state index contributed by atoms with van der Waals surface area (Å²) >= 11 is 0. The minimum Gasteiger partial charge on any atom is -0.483 e. The molecule has 4 rings (SSSR count). The van der Waals surface area contributed by atoms with E-state index < -0.39 is 64.5 Å². The molecular formula is C21H16F6N4O3. The number of ether oxygens (including phenoxy) is 1. The number of carbonyl (C=O) groups excluding carboxylic acids is 1. The fourth-order valence-corrected chi connectivity index (χ4v) is 3.27. The zero-order valence-corrected chi connectivity index (χ0v) is 17.4. The number of aromatic nitrogens is 3. The van der Waals surface area contributed by atoms with Crippen molar-refractivity contribution in [1.82, 2.24) is 14.3 Å². The number of benzene rings is 2. The largest absolute Gasteiger partial charge is 0.483 e. The molecular weight excluding hydrogens is 470 g/mol. The number of halogens is 6. The van der Waals surface area contributed by atoms with Gasteiger partial charge < -0.3 is 10.1 Å². The number of carbonyl (C=O) groups is 1. The number of para-hydroxylation sites is 1. The minimum absolute atomic E-state index is 0.00340. The molecule has 1 saturated carbocycles. The van der Waals surface area contributed by atoms with Gasteiger partial charge in [0.2, 0.25) is 0 Å². The summed E-state index contributed by atoms with van der Waals surface area (Å²) in [6, 6.07) is 3.93. The first-order valence-corrected chi connectivity index (χ1v) is 9.91. The third-order valence-corrected chi connectivity index (χ3v) is 5.07. The van der Waals surface area contributed by atoms with Crippen LogP contribution in [0.15, 0.2) is 35.1 Å². The van der Waals surface area contributed by atoms with Crippen molar-refractivity contribution in [1.29, 1.82) is 0 Å². The second-order valence-electron chi connectivity index (χ2n) is 7.64. The monoisotopic (exact) mass is 486 g/mol. The number of hydrogen-bond donors (Lipinski definition) is 1. The normalized spacial score (nSPS) is 13.7. The van der Waals surface area contributed by atoms with Crippen LogP contribution in [0.5, 0.6) is 5.75 Å². The summed E-state index contributed by atoms with van der Waals surface area (Å²) < 4.78 is 87.6. The average Bonchev–Trinajstić information content (AvgIpc) is 3.56. The molecule has 0 saturated heterocycles. The number of nitrogens with zero attached hydrogens (tertiary/aromatic N) is 3. The van der Waals surface area contributed by atoms with Gasteiger partial charge in [0.15, 0.2) is 6.61 Å². The van der Waals surface area contributed by atoms with Gasteiger partial charge in [-0.2, -0.15) is 17.9 Å². The van der Waals surface area contributed by atoms with Gasteiger partial charge in [0, 0.05) is 19.0 Å². The summed E-state index contributed by atoms with van der Waals surface area (Å²) in [5.41, 5.74) is -2.97. The van der Waals surface area contributed by atoms with E-state index in [-0.39, 0.29) is 5.92 Å². The van der Waals surface area contributed by atoms with Crippen LogP contribution < -0.4 is 15.7 Å². The third-order valence-electron chi connectivity index (χ3n) is 5.07. The summed E-state index contributed by atoms with van der Waals surface area (Å²) in [4.78, 5) is 25.2. The molecule has 180 valence electrons. The van der Waals surface area contributed by atoms with Crippen LogP contribution in [0.3, 0.4) is 0 Å². The van der Waals surface area contributed by atoms with Crippen molar-refractivity contribution in [3.05, 3.63) is 69.7 Å². The number of amides is 1. The molecule has 2 aromatic carbocycles. The zero-order chi connectivity index (χ0) is 24.8. The highest BCUT2D eigenvalue weighted by molar-refractivity contribution is 6.06. The molecule has 0 bridgehead atoms. The van der Waals surface area contributed by atoms with Crippen LogP contribution in [0.2, 0.25) is 0 Å². The summed E-state index contributed by atoms with van der Waals surface area (Å²) in [5.74, 6) is -5.23. The van der Waals surface area contributed by atoms with E-state index in [1.54, 1.807) is 0 Å². The Morgan fingerprint density at radius 3 is 2.38 bits per heavy atom. The van der Waals surface area contributed by atoms with Crippen LogP contribution in [0.1, 0.15) is 34.9 Å². The highest BCUT2D eigenvalue weighted by atomic mass is 19.4. The Balaban J connectivity index is 1.77. The van der Waals surface area contributed by atoms with E-state index in [4.69, 9.17) is 0 Å². The molecule has 1 amide bonds. The molecule has 1 heterocycles. The van der Waals surface area contributed by atoms with Gasteiger partial charge in [-0.1, -0.05) is 6.07 Å². The summed E-state index contributed by atoms with van der Waals surface area (Å²) in [7, 11) is 1.42. The Morgan fingerprint density at radius 2 is 1.79 bits per heavy atom. The maximum Gasteiger partial charge on any atom is 0.422 e. The third kappa shape index (κ3) is 4.63. The van der Waals surface area contributed by atoms with E-state index >= 15 is 0 Å². The lowest BCUT2D eigenvalue weighted by Crippen LogP contribution is -2.24. The lowest BCUT2D eigenvalue weighted by Gasteiger charge is -2.15. The first kappa shape index (κ1) is 23.4. The van der Waals surface area contributed by atoms with E-state index in [0.717, 1.165) is 31.0 Å². The molecule has 1 aromatic heterocycles. The van der Waals surface area contributed by atoms with E-state index in [1.165, 1.54) is 11.6 Å².